The molecule has 0 aliphatic carbocycles. The quantitative estimate of drug-likeness (QED) is 0.834. The summed E-state index contributed by atoms with van der Waals surface area (Å²) in [5.74, 6) is 0.653. The van der Waals surface area contributed by atoms with Crippen molar-refractivity contribution < 1.29 is 4.74 Å². The molecule has 20 heavy (non-hydrogen) atoms. The van der Waals surface area contributed by atoms with Gasteiger partial charge in [-0.05, 0) is 27.8 Å². The molecule has 0 saturated carbocycles. The number of likely N-dealkylation sites (N-methyl/N-ethyl adjacent to an activating group) is 1. The molecule has 1 aliphatic heterocycles. The Morgan fingerprint density at radius 3 is 2.95 bits per heavy atom. The second kappa shape index (κ2) is 6.47. The van der Waals surface area contributed by atoms with Crippen molar-refractivity contribution >= 4 is 0 Å². The van der Waals surface area contributed by atoms with Crippen LogP contribution in [0.2, 0.25) is 0 Å². The van der Waals surface area contributed by atoms with Crippen LogP contribution in [-0.2, 0) is 4.74 Å². The summed E-state index contributed by atoms with van der Waals surface area (Å²) in [6.07, 6.45) is 0.175. The number of H-pyrrole nitrogens is 1. The average Bonchev–Trinajstić information content (AvgIpc) is 2.35. The monoisotopic (exact) mass is 280 g/mol. The van der Waals surface area contributed by atoms with Gasteiger partial charge in [0.05, 0.1) is 18.3 Å². The van der Waals surface area contributed by atoms with Gasteiger partial charge in [-0.2, -0.15) is 0 Å². The molecule has 2 N–H and O–H groups in total. The first-order valence-electron chi connectivity index (χ1n) is 7.08. The van der Waals surface area contributed by atoms with E-state index >= 15 is 0 Å². The predicted octanol–water partition coefficient (Wildman–Crippen LogP) is 0.368. The van der Waals surface area contributed by atoms with Crippen LogP contribution in [0.3, 0.4) is 0 Å². The zero-order chi connectivity index (χ0) is 14.7. The van der Waals surface area contributed by atoms with Gasteiger partial charge < -0.3 is 19.9 Å². The Bertz CT molecular complexity index is 514. The lowest BCUT2D eigenvalue weighted by Gasteiger charge is -2.31. The molecule has 0 bridgehead atoms. The minimum Gasteiger partial charge on any atom is -0.374 e. The van der Waals surface area contributed by atoms with Gasteiger partial charge in [0.1, 0.15) is 5.82 Å². The van der Waals surface area contributed by atoms with Crippen LogP contribution < -0.4 is 10.9 Å². The highest BCUT2D eigenvalue weighted by Gasteiger charge is 2.20. The Kier molecular flexibility index (Phi) is 4.91. The standard InChI is InChI=1S/C14H24N4O2/c1-9(13-10(2)16-11(3)17-14(13)19)15-7-12-8-18(4)5-6-20-12/h9,12,15H,5-8H2,1-4H3,(H,16,17,19). The third kappa shape index (κ3) is 3.65. The third-order valence-corrected chi connectivity index (χ3v) is 3.69. The van der Waals surface area contributed by atoms with Crippen molar-refractivity contribution in [2.75, 3.05) is 33.3 Å². The molecule has 1 aromatic heterocycles. The normalized spacial score (nSPS) is 21.9. The van der Waals surface area contributed by atoms with Crippen LogP contribution in [0, 0.1) is 13.8 Å². The van der Waals surface area contributed by atoms with Crippen molar-refractivity contribution in [1.29, 1.82) is 0 Å². The van der Waals surface area contributed by atoms with Gasteiger partial charge >= 0.3 is 0 Å². The number of hydrogen-bond donors (Lipinski definition) is 2. The summed E-state index contributed by atoms with van der Waals surface area (Å²) >= 11 is 0. The topological polar surface area (TPSA) is 70.2 Å². The minimum atomic E-state index is -0.0586. The summed E-state index contributed by atoms with van der Waals surface area (Å²) in [6.45, 7) is 9.05. The third-order valence-electron chi connectivity index (χ3n) is 3.69. The van der Waals surface area contributed by atoms with Gasteiger partial charge in [0.25, 0.3) is 5.56 Å². The smallest absolute Gasteiger partial charge is 0.255 e. The number of hydrogen-bond acceptors (Lipinski definition) is 5. The largest absolute Gasteiger partial charge is 0.374 e. The maximum atomic E-state index is 12.0. The molecule has 1 aliphatic rings. The minimum absolute atomic E-state index is 0.0392. The molecule has 112 valence electrons. The van der Waals surface area contributed by atoms with E-state index in [4.69, 9.17) is 4.74 Å². The summed E-state index contributed by atoms with van der Waals surface area (Å²) in [7, 11) is 2.09. The molecular formula is C14H24N4O2. The van der Waals surface area contributed by atoms with Crippen LogP contribution in [-0.4, -0.2) is 54.3 Å². The van der Waals surface area contributed by atoms with E-state index in [0.717, 1.165) is 31.9 Å². The Morgan fingerprint density at radius 2 is 2.30 bits per heavy atom. The van der Waals surface area contributed by atoms with Gasteiger partial charge in [-0.3, -0.25) is 4.79 Å². The molecular weight excluding hydrogens is 256 g/mol. The van der Waals surface area contributed by atoms with Crippen molar-refractivity contribution in [3.8, 4) is 0 Å². The van der Waals surface area contributed by atoms with E-state index in [-0.39, 0.29) is 17.7 Å². The number of rotatable bonds is 4. The van der Waals surface area contributed by atoms with E-state index in [0.29, 0.717) is 11.4 Å². The van der Waals surface area contributed by atoms with E-state index in [1.165, 1.54) is 0 Å². The van der Waals surface area contributed by atoms with Crippen molar-refractivity contribution in [3.05, 3.63) is 27.4 Å². The molecule has 6 nitrogen and oxygen atoms in total. The molecule has 1 saturated heterocycles. The van der Waals surface area contributed by atoms with Crippen LogP contribution >= 0.6 is 0 Å². The van der Waals surface area contributed by atoms with Crippen molar-refractivity contribution in [3.63, 3.8) is 0 Å². The number of morpholine rings is 1. The zero-order valence-corrected chi connectivity index (χ0v) is 12.7. The van der Waals surface area contributed by atoms with Crippen LogP contribution in [0.1, 0.15) is 30.0 Å². The number of aromatic amines is 1. The molecule has 2 atom stereocenters. The zero-order valence-electron chi connectivity index (χ0n) is 12.7. The highest BCUT2D eigenvalue weighted by molar-refractivity contribution is 5.20. The van der Waals surface area contributed by atoms with Crippen LogP contribution in [0.25, 0.3) is 0 Å². The van der Waals surface area contributed by atoms with E-state index in [1.54, 1.807) is 6.92 Å². The molecule has 0 radical (unpaired) electrons. The van der Waals surface area contributed by atoms with Gasteiger partial charge in [0.2, 0.25) is 0 Å². The van der Waals surface area contributed by atoms with Gasteiger partial charge in [-0.15, -0.1) is 0 Å². The Hall–Kier alpha value is -1.24. The van der Waals surface area contributed by atoms with Crippen LogP contribution in [0.15, 0.2) is 4.79 Å². The summed E-state index contributed by atoms with van der Waals surface area (Å²) in [4.78, 5) is 21.4. The first-order valence-corrected chi connectivity index (χ1v) is 7.08. The second-order valence-corrected chi connectivity index (χ2v) is 5.54. The van der Waals surface area contributed by atoms with Crippen molar-refractivity contribution in [2.24, 2.45) is 0 Å². The van der Waals surface area contributed by atoms with Gasteiger partial charge in [-0.25, -0.2) is 4.98 Å². The Morgan fingerprint density at radius 1 is 1.55 bits per heavy atom. The molecule has 0 spiro atoms. The lowest BCUT2D eigenvalue weighted by Crippen LogP contribution is -2.45. The molecule has 6 heteroatoms. The highest BCUT2D eigenvalue weighted by Crippen LogP contribution is 2.11. The van der Waals surface area contributed by atoms with Crippen LogP contribution in [0.5, 0.6) is 0 Å². The first kappa shape index (κ1) is 15.2. The van der Waals surface area contributed by atoms with Gasteiger partial charge in [0, 0.05) is 31.4 Å². The molecule has 2 unspecified atom stereocenters. The van der Waals surface area contributed by atoms with E-state index in [2.05, 4.69) is 27.2 Å². The molecule has 1 fully saturated rings. The van der Waals surface area contributed by atoms with E-state index in [9.17, 15) is 4.79 Å². The summed E-state index contributed by atoms with van der Waals surface area (Å²) in [5, 5.41) is 3.38. The number of nitrogens with one attached hydrogen (secondary N) is 2. The molecule has 1 aromatic rings. The second-order valence-electron chi connectivity index (χ2n) is 5.54. The fourth-order valence-corrected chi connectivity index (χ4v) is 2.65. The van der Waals surface area contributed by atoms with E-state index < -0.39 is 0 Å². The Labute approximate surface area is 119 Å². The molecule has 0 aromatic carbocycles. The summed E-state index contributed by atoms with van der Waals surface area (Å²) < 4.78 is 5.71. The maximum absolute atomic E-state index is 12.0. The lowest BCUT2D eigenvalue weighted by atomic mass is 10.1. The van der Waals surface area contributed by atoms with E-state index in [1.807, 2.05) is 13.8 Å². The molecule has 2 rings (SSSR count). The lowest BCUT2D eigenvalue weighted by molar-refractivity contribution is -0.0191. The number of aryl methyl sites for hydroxylation is 2. The van der Waals surface area contributed by atoms with Gasteiger partial charge in [0.15, 0.2) is 0 Å². The van der Waals surface area contributed by atoms with Crippen molar-refractivity contribution in [2.45, 2.75) is 32.9 Å². The number of ether oxygens (including phenoxy) is 1. The average molecular weight is 280 g/mol. The number of nitrogens with zero attached hydrogens (tertiary/aromatic N) is 2. The predicted molar refractivity (Wildman–Crippen MR) is 78.0 cm³/mol. The fourth-order valence-electron chi connectivity index (χ4n) is 2.65. The molecule has 2 heterocycles. The fraction of sp³-hybridized carbons (Fsp3) is 0.714. The Balaban J connectivity index is 1.98. The number of aromatic nitrogens is 2. The summed E-state index contributed by atoms with van der Waals surface area (Å²) in [6, 6.07) is -0.0392. The first-order chi connectivity index (χ1) is 9.47. The maximum Gasteiger partial charge on any atom is 0.255 e. The van der Waals surface area contributed by atoms with Crippen LogP contribution in [0.4, 0.5) is 0 Å². The SMILES string of the molecule is Cc1nc(C)c(C(C)NCC2CN(C)CCO2)c(=O)[nH]1. The highest BCUT2D eigenvalue weighted by atomic mass is 16.5. The molecule has 0 amide bonds. The van der Waals surface area contributed by atoms with Crippen molar-refractivity contribution in [1.82, 2.24) is 20.2 Å². The summed E-state index contributed by atoms with van der Waals surface area (Å²) in [5.41, 5.74) is 1.43. The van der Waals surface area contributed by atoms with Gasteiger partial charge in [-0.1, -0.05) is 0 Å².